The van der Waals surface area contributed by atoms with Crippen molar-refractivity contribution < 1.29 is 9.26 Å². The lowest BCUT2D eigenvalue weighted by Gasteiger charge is -2.37. The number of hydroxylamine groups is 1. The van der Waals surface area contributed by atoms with Gasteiger partial charge < -0.3 is 4.43 Å². The normalized spacial score (nSPS) is 28.2. The number of fused-ring (bicyclic) bond motifs is 1. The van der Waals surface area contributed by atoms with E-state index in [2.05, 4.69) is 35.3 Å². The highest BCUT2D eigenvalue weighted by Gasteiger charge is 2.50. The molecule has 2 saturated heterocycles. The summed E-state index contributed by atoms with van der Waals surface area (Å²) in [6.45, 7) is 5.80. The van der Waals surface area contributed by atoms with Crippen LogP contribution >= 0.6 is 0 Å². The molecule has 2 heterocycles. The first kappa shape index (κ1) is 14.7. The van der Waals surface area contributed by atoms with Crippen molar-refractivity contribution in [2.45, 2.75) is 44.6 Å². The maximum Gasteiger partial charge on any atom is 0.327 e. The van der Waals surface area contributed by atoms with E-state index >= 15 is 0 Å². The van der Waals surface area contributed by atoms with Gasteiger partial charge in [-0.3, -0.25) is 14.8 Å². The molecule has 2 aliphatic rings. The molecule has 2 aliphatic heterocycles. The van der Waals surface area contributed by atoms with Crippen LogP contribution in [0.1, 0.15) is 18.4 Å². The first-order chi connectivity index (χ1) is 10.1. The lowest BCUT2D eigenvalue weighted by molar-refractivity contribution is -0.0102. The summed E-state index contributed by atoms with van der Waals surface area (Å²) < 4.78 is 8.19. The molecule has 0 spiro atoms. The van der Waals surface area contributed by atoms with Crippen LogP contribution in [0.25, 0.3) is 0 Å². The van der Waals surface area contributed by atoms with Crippen LogP contribution in [0.3, 0.4) is 0 Å². The smallest absolute Gasteiger partial charge is 0.327 e. The molecule has 114 valence electrons. The molecule has 5 nitrogen and oxygen atoms in total. The number of hydrogen-bond acceptors (Lipinski definition) is 5. The summed E-state index contributed by atoms with van der Waals surface area (Å²) in [5.41, 5.74) is 4.36. The summed E-state index contributed by atoms with van der Waals surface area (Å²) in [7, 11) is -1.90. The molecule has 2 fully saturated rings. The van der Waals surface area contributed by atoms with Crippen LogP contribution in [0.2, 0.25) is 13.1 Å². The predicted molar refractivity (Wildman–Crippen MR) is 84.2 cm³/mol. The van der Waals surface area contributed by atoms with E-state index in [1.165, 1.54) is 5.56 Å². The molecule has 0 amide bonds. The van der Waals surface area contributed by atoms with Crippen LogP contribution in [0.5, 0.6) is 0 Å². The van der Waals surface area contributed by atoms with Gasteiger partial charge in [-0.25, -0.2) is 0 Å². The van der Waals surface area contributed by atoms with E-state index in [-0.39, 0.29) is 6.04 Å². The molecule has 1 aromatic rings. The van der Waals surface area contributed by atoms with Crippen LogP contribution in [-0.2, 0) is 15.9 Å². The Morgan fingerprint density at radius 3 is 2.86 bits per heavy atom. The quantitative estimate of drug-likeness (QED) is 0.662. The van der Waals surface area contributed by atoms with Crippen LogP contribution in [0.15, 0.2) is 30.3 Å². The predicted octanol–water partition coefficient (Wildman–Crippen LogP) is 2.25. The molecule has 0 saturated carbocycles. The first-order valence-electron chi connectivity index (χ1n) is 7.52. The van der Waals surface area contributed by atoms with E-state index < -0.39 is 8.48 Å². The fraction of sp³-hybridized carbons (Fsp3) is 0.533. The monoisotopic (exact) mass is 305 g/mol. The Kier molecular flexibility index (Phi) is 4.12. The second kappa shape index (κ2) is 5.88. The number of benzene rings is 1. The van der Waals surface area contributed by atoms with E-state index in [4.69, 9.17) is 14.7 Å². The second-order valence-corrected chi connectivity index (χ2v) is 9.92. The molecule has 3 rings (SSSR count). The number of rotatable bonds is 4. The van der Waals surface area contributed by atoms with Crippen molar-refractivity contribution in [2.75, 3.05) is 6.54 Å². The lowest BCUT2D eigenvalue weighted by Crippen LogP contribution is -2.57. The summed E-state index contributed by atoms with van der Waals surface area (Å²) >= 11 is 0. The topological polar surface area (TPSA) is 57.6 Å². The van der Waals surface area contributed by atoms with E-state index in [0.717, 1.165) is 19.4 Å². The molecule has 0 bridgehead atoms. The van der Waals surface area contributed by atoms with Crippen LogP contribution < -0.4 is 5.48 Å². The Bertz CT molecular complexity index is 509. The standard InChI is InChI=1S/C15H23N3O2Si/c1-21(2)18-10-13(8-9-14(18)15(16)20-21)17-19-11-12-6-4-3-5-7-12/h3-7,13-14,16-17H,8-11H2,1-2H3/t13-,14+/m1/s1. The summed E-state index contributed by atoms with van der Waals surface area (Å²) in [6.07, 6.45) is 1.99. The van der Waals surface area contributed by atoms with E-state index in [1.807, 2.05) is 18.2 Å². The van der Waals surface area contributed by atoms with Gasteiger partial charge in [-0.1, -0.05) is 30.3 Å². The Morgan fingerprint density at radius 2 is 2.10 bits per heavy atom. The van der Waals surface area contributed by atoms with Gasteiger partial charge in [0.25, 0.3) is 0 Å². The van der Waals surface area contributed by atoms with Crippen LogP contribution in [0.4, 0.5) is 0 Å². The van der Waals surface area contributed by atoms with E-state index in [1.54, 1.807) is 0 Å². The third-order valence-corrected chi connectivity index (χ3v) is 6.86. The van der Waals surface area contributed by atoms with Gasteiger partial charge >= 0.3 is 8.48 Å². The summed E-state index contributed by atoms with van der Waals surface area (Å²) in [6, 6.07) is 10.7. The number of nitrogens with zero attached hydrogens (tertiary/aromatic N) is 1. The zero-order valence-electron chi connectivity index (χ0n) is 12.6. The zero-order valence-corrected chi connectivity index (χ0v) is 13.6. The minimum atomic E-state index is -1.90. The molecular formula is C15H23N3O2Si. The van der Waals surface area contributed by atoms with Gasteiger partial charge in [-0.05, 0) is 31.5 Å². The van der Waals surface area contributed by atoms with Gasteiger partial charge in [-0.15, -0.1) is 0 Å². The molecule has 1 aromatic carbocycles. The van der Waals surface area contributed by atoms with Gasteiger partial charge in [-0.2, -0.15) is 5.48 Å². The Morgan fingerprint density at radius 1 is 1.33 bits per heavy atom. The first-order valence-corrected chi connectivity index (χ1v) is 10.4. The van der Waals surface area contributed by atoms with Gasteiger partial charge in [0.05, 0.1) is 12.6 Å². The van der Waals surface area contributed by atoms with Gasteiger partial charge in [0.1, 0.15) is 0 Å². The molecule has 2 atom stereocenters. The van der Waals surface area contributed by atoms with Crippen LogP contribution in [0, 0.1) is 5.41 Å². The summed E-state index contributed by atoms with van der Waals surface area (Å²) in [5.74, 6) is 0.468. The highest BCUT2D eigenvalue weighted by molar-refractivity contribution is 6.71. The van der Waals surface area contributed by atoms with Crippen LogP contribution in [-0.4, -0.2) is 37.6 Å². The molecule has 21 heavy (non-hydrogen) atoms. The van der Waals surface area contributed by atoms with E-state index in [0.29, 0.717) is 18.5 Å². The molecule has 2 N–H and O–H groups in total. The maximum atomic E-state index is 7.96. The molecule has 0 radical (unpaired) electrons. The Hall–Kier alpha value is -1.21. The number of hydrogen-bond donors (Lipinski definition) is 2. The lowest BCUT2D eigenvalue weighted by atomic mass is 10.0. The van der Waals surface area contributed by atoms with Gasteiger partial charge in [0.2, 0.25) is 0 Å². The number of piperidine rings is 1. The Labute approximate surface area is 126 Å². The summed E-state index contributed by atoms with van der Waals surface area (Å²) in [4.78, 5) is 5.65. The summed E-state index contributed by atoms with van der Waals surface area (Å²) in [5, 5.41) is 7.96. The third-order valence-electron chi connectivity index (χ3n) is 4.27. The second-order valence-electron chi connectivity index (χ2n) is 6.25. The minimum absolute atomic E-state index is 0.193. The van der Waals surface area contributed by atoms with Crippen molar-refractivity contribution in [3.8, 4) is 0 Å². The number of nitrogens with one attached hydrogen (secondary N) is 2. The SMILES string of the molecule is C[Si]1(C)OC(=N)[C@@H]2CC[C@@H](NOCc3ccccc3)CN21. The maximum absolute atomic E-state index is 7.96. The molecule has 0 aromatic heterocycles. The van der Waals surface area contributed by atoms with Gasteiger partial charge in [0, 0.05) is 12.6 Å². The molecule has 6 heteroatoms. The third kappa shape index (κ3) is 3.18. The molecular weight excluding hydrogens is 282 g/mol. The van der Waals surface area contributed by atoms with Crippen molar-refractivity contribution in [3.05, 3.63) is 35.9 Å². The molecule has 0 unspecified atom stereocenters. The van der Waals surface area contributed by atoms with Gasteiger partial charge in [0.15, 0.2) is 5.90 Å². The average Bonchev–Trinajstić information content (AvgIpc) is 2.70. The van der Waals surface area contributed by atoms with E-state index in [9.17, 15) is 0 Å². The van der Waals surface area contributed by atoms with Crippen molar-refractivity contribution >= 4 is 14.4 Å². The average molecular weight is 305 g/mol. The Balaban J connectivity index is 1.51. The zero-order chi connectivity index (χ0) is 14.9. The van der Waals surface area contributed by atoms with Crippen molar-refractivity contribution in [3.63, 3.8) is 0 Å². The highest BCUT2D eigenvalue weighted by Crippen LogP contribution is 2.31. The van der Waals surface area contributed by atoms with Crippen molar-refractivity contribution in [1.29, 1.82) is 5.41 Å². The largest absolute Gasteiger partial charge is 0.519 e. The van der Waals surface area contributed by atoms with Crippen molar-refractivity contribution in [1.82, 2.24) is 10.0 Å². The van der Waals surface area contributed by atoms with Crippen molar-refractivity contribution in [2.24, 2.45) is 0 Å². The fourth-order valence-electron chi connectivity index (χ4n) is 3.15. The highest BCUT2D eigenvalue weighted by atomic mass is 28.4. The fourth-order valence-corrected chi connectivity index (χ4v) is 5.60. The molecule has 0 aliphatic carbocycles. The minimum Gasteiger partial charge on any atom is -0.519 e.